The predicted octanol–water partition coefficient (Wildman–Crippen LogP) is 0.374. The van der Waals surface area contributed by atoms with Crippen LogP contribution in [-0.2, 0) is 9.59 Å². The number of aliphatic carboxylic acids is 1. The van der Waals surface area contributed by atoms with Crippen molar-refractivity contribution in [2.45, 2.75) is 38.7 Å². The summed E-state index contributed by atoms with van der Waals surface area (Å²) in [5.74, 6) is -1.42. The average molecular weight is 229 g/mol. The molecule has 16 heavy (non-hydrogen) atoms. The molecule has 0 aromatic heterocycles. The van der Waals surface area contributed by atoms with Crippen LogP contribution >= 0.6 is 0 Å². The Kier molecular flexibility index (Phi) is 4.73. The molecule has 92 valence electrons. The number of hydrogen-bond acceptors (Lipinski definition) is 3. The minimum atomic E-state index is -0.806. The molecule has 1 aliphatic carbocycles. The van der Waals surface area contributed by atoms with Gasteiger partial charge in [0.2, 0.25) is 5.91 Å². The number of aliphatic hydroxyl groups excluding tert-OH is 1. The lowest BCUT2D eigenvalue weighted by Crippen LogP contribution is -2.31. The molecule has 0 aliphatic heterocycles. The number of carbonyl (C=O) groups excluding carboxylic acids is 1. The lowest BCUT2D eigenvalue weighted by Gasteiger charge is -2.11. The van der Waals surface area contributed by atoms with Crippen molar-refractivity contribution in [2.24, 2.45) is 11.8 Å². The average Bonchev–Trinajstić information content (AvgIpc) is 2.65. The largest absolute Gasteiger partial charge is 0.481 e. The van der Waals surface area contributed by atoms with Crippen molar-refractivity contribution < 1.29 is 19.8 Å². The summed E-state index contributed by atoms with van der Waals surface area (Å²) in [6, 6.07) is 0. The van der Waals surface area contributed by atoms with Crippen LogP contribution in [0.25, 0.3) is 0 Å². The van der Waals surface area contributed by atoms with E-state index in [1.165, 1.54) is 0 Å². The third-order valence-corrected chi connectivity index (χ3v) is 3.01. The van der Waals surface area contributed by atoms with E-state index in [1.807, 2.05) is 0 Å². The fraction of sp³-hybridized carbons (Fsp3) is 0.818. The van der Waals surface area contributed by atoms with Crippen molar-refractivity contribution in [2.75, 3.05) is 6.54 Å². The van der Waals surface area contributed by atoms with Gasteiger partial charge in [-0.2, -0.15) is 0 Å². The summed E-state index contributed by atoms with van der Waals surface area (Å²) in [6.07, 6.45) is 1.79. The molecule has 1 aliphatic rings. The highest BCUT2D eigenvalue weighted by atomic mass is 16.4. The summed E-state index contributed by atoms with van der Waals surface area (Å²) in [7, 11) is 0. The number of carboxylic acids is 1. The van der Waals surface area contributed by atoms with Crippen molar-refractivity contribution in [3.05, 3.63) is 0 Å². The first-order valence-corrected chi connectivity index (χ1v) is 5.69. The van der Waals surface area contributed by atoms with Crippen LogP contribution in [-0.4, -0.2) is 34.7 Å². The van der Waals surface area contributed by atoms with Crippen LogP contribution in [0.15, 0.2) is 0 Å². The van der Waals surface area contributed by atoms with Gasteiger partial charge in [-0.1, -0.05) is 0 Å². The Balaban J connectivity index is 2.26. The highest BCUT2D eigenvalue weighted by Gasteiger charge is 2.33. The zero-order valence-corrected chi connectivity index (χ0v) is 9.48. The van der Waals surface area contributed by atoms with E-state index >= 15 is 0 Å². The maximum atomic E-state index is 11.6. The van der Waals surface area contributed by atoms with Gasteiger partial charge in [-0.25, -0.2) is 0 Å². The van der Waals surface area contributed by atoms with Crippen LogP contribution in [0, 0.1) is 11.8 Å². The first kappa shape index (κ1) is 13.0. The molecule has 3 N–H and O–H groups in total. The Morgan fingerprint density at radius 1 is 1.38 bits per heavy atom. The summed E-state index contributed by atoms with van der Waals surface area (Å²) in [6.45, 7) is 2.12. The highest BCUT2D eigenvalue weighted by molar-refractivity contribution is 5.80. The van der Waals surface area contributed by atoms with Crippen molar-refractivity contribution in [1.29, 1.82) is 0 Å². The summed E-state index contributed by atoms with van der Waals surface area (Å²) < 4.78 is 0. The second kappa shape index (κ2) is 5.84. The van der Waals surface area contributed by atoms with E-state index < -0.39 is 12.1 Å². The molecular formula is C11H19NO4. The molecule has 3 unspecified atom stereocenters. The summed E-state index contributed by atoms with van der Waals surface area (Å²) in [5, 5.41) is 20.5. The maximum Gasteiger partial charge on any atom is 0.306 e. The van der Waals surface area contributed by atoms with E-state index in [1.54, 1.807) is 6.92 Å². The van der Waals surface area contributed by atoms with Crippen molar-refractivity contribution in [1.82, 2.24) is 5.32 Å². The zero-order chi connectivity index (χ0) is 12.1. The molecule has 0 aromatic carbocycles. The normalized spacial score (nSPS) is 26.4. The summed E-state index contributed by atoms with van der Waals surface area (Å²) >= 11 is 0. The smallest absolute Gasteiger partial charge is 0.306 e. The van der Waals surface area contributed by atoms with E-state index in [4.69, 9.17) is 10.2 Å². The Bertz CT molecular complexity index is 265. The first-order valence-electron chi connectivity index (χ1n) is 5.69. The fourth-order valence-corrected chi connectivity index (χ4v) is 1.99. The predicted molar refractivity (Wildman–Crippen MR) is 57.8 cm³/mol. The highest BCUT2D eigenvalue weighted by Crippen LogP contribution is 2.30. The monoisotopic (exact) mass is 229 g/mol. The minimum Gasteiger partial charge on any atom is -0.481 e. The first-order chi connectivity index (χ1) is 7.50. The Labute approximate surface area is 94.8 Å². The van der Waals surface area contributed by atoms with Gasteiger partial charge in [0.25, 0.3) is 0 Å². The second-order valence-corrected chi connectivity index (χ2v) is 4.47. The quantitative estimate of drug-likeness (QED) is 0.636. The molecule has 1 saturated carbocycles. The molecule has 5 heteroatoms. The number of nitrogens with one attached hydrogen (secondary N) is 1. The van der Waals surface area contributed by atoms with Gasteiger partial charge >= 0.3 is 5.97 Å². The molecule has 0 radical (unpaired) electrons. The Hall–Kier alpha value is -1.10. The molecule has 1 fully saturated rings. The Morgan fingerprint density at radius 3 is 2.50 bits per heavy atom. The fourth-order valence-electron chi connectivity index (χ4n) is 1.99. The number of hydrogen-bond donors (Lipinski definition) is 3. The molecule has 1 rings (SSSR count). The molecular weight excluding hydrogens is 210 g/mol. The van der Waals surface area contributed by atoms with E-state index in [9.17, 15) is 9.59 Å². The third-order valence-electron chi connectivity index (χ3n) is 3.01. The molecule has 3 atom stereocenters. The van der Waals surface area contributed by atoms with Crippen LogP contribution < -0.4 is 5.32 Å². The lowest BCUT2D eigenvalue weighted by molar-refractivity contribution is -0.141. The lowest BCUT2D eigenvalue weighted by atomic mass is 10.0. The van der Waals surface area contributed by atoms with Crippen LogP contribution in [0.1, 0.15) is 32.6 Å². The van der Waals surface area contributed by atoms with E-state index in [2.05, 4.69) is 5.32 Å². The summed E-state index contributed by atoms with van der Waals surface area (Å²) in [5.41, 5.74) is 0. The number of rotatable bonds is 5. The van der Waals surface area contributed by atoms with Crippen LogP contribution in [0.3, 0.4) is 0 Å². The van der Waals surface area contributed by atoms with E-state index in [0.29, 0.717) is 32.2 Å². The standard InChI is InChI=1S/C11H19NO4/c1-7(13)4-5-12-10(14)8-2-3-9(6-8)11(15)16/h7-9,13H,2-6H2,1H3,(H,12,14)(H,15,16). The molecule has 1 amide bonds. The number of amides is 1. The van der Waals surface area contributed by atoms with E-state index in [-0.39, 0.29) is 17.7 Å². The zero-order valence-electron chi connectivity index (χ0n) is 9.48. The minimum absolute atomic E-state index is 0.0793. The van der Waals surface area contributed by atoms with E-state index in [0.717, 1.165) is 0 Å². The van der Waals surface area contributed by atoms with Gasteiger partial charge in [-0.3, -0.25) is 9.59 Å². The van der Waals surface area contributed by atoms with Crippen LogP contribution in [0.5, 0.6) is 0 Å². The van der Waals surface area contributed by atoms with Crippen LogP contribution in [0.2, 0.25) is 0 Å². The SMILES string of the molecule is CC(O)CCNC(=O)C1CCC(C(=O)O)C1. The van der Waals surface area contributed by atoms with Gasteiger partial charge < -0.3 is 15.5 Å². The van der Waals surface area contributed by atoms with Gasteiger partial charge in [0.05, 0.1) is 12.0 Å². The molecule has 0 bridgehead atoms. The topological polar surface area (TPSA) is 86.6 Å². The third kappa shape index (κ3) is 3.81. The van der Waals surface area contributed by atoms with Gasteiger partial charge in [-0.05, 0) is 32.6 Å². The molecule has 0 aromatic rings. The second-order valence-electron chi connectivity index (χ2n) is 4.47. The van der Waals surface area contributed by atoms with Crippen molar-refractivity contribution >= 4 is 11.9 Å². The molecule has 0 heterocycles. The van der Waals surface area contributed by atoms with Gasteiger partial charge in [0, 0.05) is 12.5 Å². The van der Waals surface area contributed by atoms with Crippen LogP contribution in [0.4, 0.5) is 0 Å². The molecule has 0 spiro atoms. The summed E-state index contributed by atoms with van der Waals surface area (Å²) in [4.78, 5) is 22.3. The number of aliphatic hydroxyl groups is 1. The van der Waals surface area contributed by atoms with Crippen molar-refractivity contribution in [3.63, 3.8) is 0 Å². The molecule has 5 nitrogen and oxygen atoms in total. The Morgan fingerprint density at radius 2 is 2.00 bits per heavy atom. The van der Waals surface area contributed by atoms with Gasteiger partial charge in [0.1, 0.15) is 0 Å². The molecule has 0 saturated heterocycles. The van der Waals surface area contributed by atoms with Gasteiger partial charge in [-0.15, -0.1) is 0 Å². The number of carboxylic acid groups (broad SMARTS) is 1. The van der Waals surface area contributed by atoms with Crippen molar-refractivity contribution in [3.8, 4) is 0 Å². The maximum absolute atomic E-state index is 11.6. The number of carbonyl (C=O) groups is 2. The van der Waals surface area contributed by atoms with Gasteiger partial charge in [0.15, 0.2) is 0 Å².